The minimum Gasteiger partial charge on any atom is -0.489 e. The molecule has 0 spiro atoms. The van der Waals surface area contributed by atoms with Crippen molar-refractivity contribution in [3.05, 3.63) is 93.2 Å². The number of carboxylic acid groups (broad SMARTS) is 1. The van der Waals surface area contributed by atoms with Crippen LogP contribution in [0, 0.1) is 18.3 Å². The normalized spacial score (nSPS) is 14.5. The van der Waals surface area contributed by atoms with Gasteiger partial charge in [-0.15, -0.1) is 0 Å². The topological polar surface area (TPSA) is 117 Å². The fraction of sp³-hybridized carbons (Fsp3) is 0.226. The zero-order valence-corrected chi connectivity index (χ0v) is 22.4. The summed E-state index contributed by atoms with van der Waals surface area (Å²) in [6.07, 6.45) is 2.85. The molecule has 1 amide bonds. The van der Waals surface area contributed by atoms with E-state index < -0.39 is 5.97 Å². The number of nitrogens with zero attached hydrogens (tertiary/aromatic N) is 3. The van der Waals surface area contributed by atoms with E-state index in [1.165, 1.54) is 23.1 Å². The van der Waals surface area contributed by atoms with Crippen LogP contribution in [-0.2, 0) is 17.8 Å². The molecule has 1 aliphatic carbocycles. The highest BCUT2D eigenvalue weighted by molar-refractivity contribution is 6.33. The van der Waals surface area contributed by atoms with Gasteiger partial charge < -0.3 is 14.4 Å². The molecule has 200 valence electrons. The Morgan fingerprint density at radius 2 is 1.98 bits per heavy atom. The van der Waals surface area contributed by atoms with Gasteiger partial charge in [0.25, 0.3) is 0 Å². The minimum atomic E-state index is -1.14. The number of benzene rings is 3. The van der Waals surface area contributed by atoms with Crippen molar-refractivity contribution in [1.29, 1.82) is 5.26 Å². The summed E-state index contributed by atoms with van der Waals surface area (Å²) >= 11 is 6.55. The van der Waals surface area contributed by atoms with E-state index in [1.807, 2.05) is 37.3 Å². The van der Waals surface area contributed by atoms with E-state index in [2.05, 4.69) is 5.16 Å². The first-order valence-corrected chi connectivity index (χ1v) is 13.3. The SMILES string of the molecule is Cc1cccc(Cl)c1-c1noc(C2CC2)c1COc1ccc2c(c1)CCC(=O)N2c1ccc(C(=O)O)cc1C#N. The first-order chi connectivity index (χ1) is 19.4. The van der Waals surface area contributed by atoms with Gasteiger partial charge in [0.05, 0.1) is 33.1 Å². The number of hydrogen-bond acceptors (Lipinski definition) is 6. The number of ether oxygens (including phenoxy) is 1. The molecule has 40 heavy (non-hydrogen) atoms. The lowest BCUT2D eigenvalue weighted by atomic mass is 9.98. The first kappa shape index (κ1) is 25.7. The van der Waals surface area contributed by atoms with Gasteiger partial charge in [-0.1, -0.05) is 28.9 Å². The molecule has 0 atom stereocenters. The zero-order chi connectivity index (χ0) is 28.0. The average Bonchev–Trinajstić information content (AvgIpc) is 3.71. The third kappa shape index (κ3) is 4.59. The van der Waals surface area contributed by atoms with Crippen molar-refractivity contribution in [3.8, 4) is 23.1 Å². The lowest BCUT2D eigenvalue weighted by Gasteiger charge is -2.30. The molecule has 2 aliphatic rings. The smallest absolute Gasteiger partial charge is 0.335 e. The molecule has 0 bridgehead atoms. The van der Waals surface area contributed by atoms with Crippen molar-refractivity contribution in [2.45, 2.75) is 45.1 Å². The molecule has 6 rings (SSSR count). The van der Waals surface area contributed by atoms with Gasteiger partial charge in [0.1, 0.15) is 29.9 Å². The zero-order valence-electron chi connectivity index (χ0n) is 21.6. The number of carboxylic acids is 1. The van der Waals surface area contributed by atoms with Crippen LogP contribution in [0.25, 0.3) is 11.3 Å². The van der Waals surface area contributed by atoms with E-state index >= 15 is 0 Å². The molecule has 1 saturated carbocycles. The largest absolute Gasteiger partial charge is 0.489 e. The van der Waals surface area contributed by atoms with Crippen LogP contribution in [0.2, 0.25) is 5.02 Å². The molecule has 9 heteroatoms. The number of aryl methyl sites for hydroxylation is 2. The van der Waals surface area contributed by atoms with E-state index in [9.17, 15) is 20.0 Å². The number of aromatic nitrogens is 1. The van der Waals surface area contributed by atoms with Gasteiger partial charge in [0, 0.05) is 17.9 Å². The number of anilines is 2. The second-order valence-electron chi connectivity index (χ2n) is 10.0. The molecule has 8 nitrogen and oxygen atoms in total. The molecular weight excluding hydrogens is 530 g/mol. The number of carbonyl (C=O) groups is 2. The Morgan fingerprint density at radius 1 is 1.18 bits per heavy atom. The van der Waals surface area contributed by atoms with Crippen molar-refractivity contribution in [3.63, 3.8) is 0 Å². The van der Waals surface area contributed by atoms with Crippen LogP contribution in [-0.4, -0.2) is 22.1 Å². The standard InChI is InChI=1S/C31H24ClN3O5/c1-17-3-2-4-24(32)28(17)29-23(30(40-34-29)18-5-6-18)16-39-22-9-11-25-19(14-22)8-12-27(36)35(25)26-10-7-20(31(37)38)13-21(26)15-33/h2-4,7,9-11,13-14,18H,5-6,8,12,16H2,1H3,(H,37,38). The highest BCUT2D eigenvalue weighted by Crippen LogP contribution is 2.46. The number of rotatable bonds is 7. The van der Waals surface area contributed by atoms with E-state index in [4.69, 9.17) is 20.9 Å². The lowest BCUT2D eigenvalue weighted by Crippen LogP contribution is -2.31. The van der Waals surface area contributed by atoms with Gasteiger partial charge in [-0.3, -0.25) is 9.69 Å². The average molecular weight is 554 g/mol. The summed E-state index contributed by atoms with van der Waals surface area (Å²) in [6, 6.07) is 17.4. The summed E-state index contributed by atoms with van der Waals surface area (Å²) < 4.78 is 12.1. The first-order valence-electron chi connectivity index (χ1n) is 13.0. The summed E-state index contributed by atoms with van der Waals surface area (Å²) in [5.74, 6) is 0.477. The molecule has 0 saturated heterocycles. The molecular formula is C31H24ClN3O5. The molecule has 2 heterocycles. The number of carbonyl (C=O) groups excluding carboxylic acids is 1. The van der Waals surface area contributed by atoms with Gasteiger partial charge in [-0.05, 0) is 79.8 Å². The molecule has 3 aromatic carbocycles. The van der Waals surface area contributed by atoms with Crippen LogP contribution >= 0.6 is 11.6 Å². The molecule has 1 fully saturated rings. The van der Waals surface area contributed by atoms with Crippen LogP contribution < -0.4 is 9.64 Å². The van der Waals surface area contributed by atoms with Crippen LogP contribution in [0.4, 0.5) is 11.4 Å². The Morgan fingerprint density at radius 3 is 2.70 bits per heavy atom. The Bertz CT molecular complexity index is 1700. The van der Waals surface area contributed by atoms with Crippen LogP contribution in [0.3, 0.4) is 0 Å². The van der Waals surface area contributed by atoms with Crippen molar-refractivity contribution in [1.82, 2.24) is 5.16 Å². The van der Waals surface area contributed by atoms with E-state index in [0.29, 0.717) is 40.2 Å². The Hall–Kier alpha value is -4.61. The molecule has 1 aromatic heterocycles. The highest BCUT2D eigenvalue weighted by Gasteiger charge is 2.34. The third-order valence-corrected chi connectivity index (χ3v) is 7.68. The maximum atomic E-state index is 13.0. The predicted molar refractivity (Wildman–Crippen MR) is 148 cm³/mol. The maximum absolute atomic E-state index is 13.0. The summed E-state index contributed by atoms with van der Waals surface area (Å²) in [5.41, 5.74) is 5.38. The van der Waals surface area contributed by atoms with Gasteiger partial charge in [-0.25, -0.2) is 4.79 Å². The number of aromatic carboxylic acids is 1. The van der Waals surface area contributed by atoms with Gasteiger partial charge in [0.2, 0.25) is 5.91 Å². The monoisotopic (exact) mass is 553 g/mol. The van der Waals surface area contributed by atoms with E-state index in [0.717, 1.165) is 40.9 Å². The molecule has 4 aromatic rings. The quantitative estimate of drug-likeness (QED) is 0.263. The number of hydrogen-bond donors (Lipinski definition) is 1. The van der Waals surface area contributed by atoms with E-state index in [-0.39, 0.29) is 30.1 Å². The summed E-state index contributed by atoms with van der Waals surface area (Å²) in [4.78, 5) is 25.8. The number of nitriles is 1. The van der Waals surface area contributed by atoms with Crippen molar-refractivity contribution in [2.24, 2.45) is 0 Å². The Kier molecular flexibility index (Phi) is 6.53. The fourth-order valence-corrected chi connectivity index (χ4v) is 5.50. The van der Waals surface area contributed by atoms with Gasteiger partial charge >= 0.3 is 5.97 Å². The van der Waals surface area contributed by atoms with Crippen LogP contribution in [0.5, 0.6) is 5.75 Å². The lowest BCUT2D eigenvalue weighted by molar-refractivity contribution is -0.118. The van der Waals surface area contributed by atoms with Crippen molar-refractivity contribution < 1.29 is 24.0 Å². The highest BCUT2D eigenvalue weighted by atomic mass is 35.5. The Balaban J connectivity index is 1.31. The van der Waals surface area contributed by atoms with Crippen molar-refractivity contribution in [2.75, 3.05) is 4.90 Å². The minimum absolute atomic E-state index is 0.0145. The third-order valence-electron chi connectivity index (χ3n) is 7.36. The number of fused-ring (bicyclic) bond motifs is 1. The number of amides is 1. The summed E-state index contributed by atoms with van der Waals surface area (Å²) in [6.45, 7) is 2.23. The van der Waals surface area contributed by atoms with Gasteiger partial charge in [-0.2, -0.15) is 5.26 Å². The van der Waals surface area contributed by atoms with Crippen LogP contribution in [0.1, 0.15) is 63.6 Å². The van der Waals surface area contributed by atoms with Crippen molar-refractivity contribution >= 4 is 34.9 Å². The summed E-state index contributed by atoms with van der Waals surface area (Å²) in [7, 11) is 0. The fourth-order valence-electron chi connectivity index (χ4n) is 5.19. The van der Waals surface area contributed by atoms with Gasteiger partial charge in [0.15, 0.2) is 0 Å². The predicted octanol–water partition coefficient (Wildman–Crippen LogP) is 6.94. The number of halogens is 1. The second-order valence-corrected chi connectivity index (χ2v) is 10.4. The van der Waals surface area contributed by atoms with Crippen LogP contribution in [0.15, 0.2) is 59.1 Å². The molecule has 1 aliphatic heterocycles. The summed E-state index contributed by atoms with van der Waals surface area (Å²) in [5, 5.41) is 24.0. The molecule has 0 unspecified atom stereocenters. The second kappa shape index (κ2) is 10.2. The Labute approximate surface area is 235 Å². The molecule has 1 N–H and O–H groups in total. The maximum Gasteiger partial charge on any atom is 0.335 e. The van der Waals surface area contributed by atoms with E-state index in [1.54, 1.807) is 12.1 Å². The molecule has 0 radical (unpaired) electrons.